The van der Waals surface area contributed by atoms with E-state index in [9.17, 15) is 8.42 Å². The van der Waals surface area contributed by atoms with Gasteiger partial charge in [-0.05, 0) is 45.8 Å². The zero-order valence-electron chi connectivity index (χ0n) is 12.7. The molecule has 0 heterocycles. The fourth-order valence-electron chi connectivity index (χ4n) is 2.79. The third-order valence-corrected chi connectivity index (χ3v) is 5.22. The van der Waals surface area contributed by atoms with Crippen molar-refractivity contribution in [3.63, 3.8) is 0 Å². The molecule has 0 N–H and O–H groups in total. The average molecular weight is 334 g/mol. The maximum Gasteiger partial charge on any atom is 0.339 e. The molecule has 0 saturated carbocycles. The minimum absolute atomic E-state index is 0.142. The first-order valence-electron chi connectivity index (χ1n) is 7.54. The van der Waals surface area contributed by atoms with E-state index in [1.54, 1.807) is 30.3 Å². The van der Waals surface area contributed by atoms with Crippen molar-refractivity contribution in [1.82, 2.24) is 0 Å². The van der Waals surface area contributed by atoms with Crippen LogP contribution in [0.3, 0.4) is 0 Å². The Bertz CT molecular complexity index is 1130. The van der Waals surface area contributed by atoms with Gasteiger partial charge in [-0.15, -0.1) is 0 Å². The summed E-state index contributed by atoms with van der Waals surface area (Å²) in [5.74, 6) is 0.308. The number of benzene rings is 4. The summed E-state index contributed by atoms with van der Waals surface area (Å²) < 4.78 is 30.1. The smallest absolute Gasteiger partial charge is 0.339 e. The minimum atomic E-state index is -3.84. The lowest BCUT2D eigenvalue weighted by atomic mass is 10.0. The van der Waals surface area contributed by atoms with E-state index in [0.29, 0.717) is 5.75 Å². The molecule has 0 radical (unpaired) electrons. The van der Waals surface area contributed by atoms with Crippen molar-refractivity contribution < 1.29 is 12.6 Å². The summed E-state index contributed by atoms with van der Waals surface area (Å²) in [4.78, 5) is 0.142. The zero-order valence-corrected chi connectivity index (χ0v) is 13.5. The van der Waals surface area contributed by atoms with Crippen molar-refractivity contribution in [2.24, 2.45) is 0 Å². The molecule has 24 heavy (non-hydrogen) atoms. The van der Waals surface area contributed by atoms with Crippen molar-refractivity contribution in [3.8, 4) is 5.75 Å². The van der Waals surface area contributed by atoms with Crippen molar-refractivity contribution in [2.75, 3.05) is 0 Å². The van der Waals surface area contributed by atoms with Crippen LogP contribution >= 0.6 is 0 Å². The Kier molecular flexibility index (Phi) is 3.47. The van der Waals surface area contributed by atoms with Crippen molar-refractivity contribution in [2.45, 2.75) is 4.90 Å². The highest BCUT2D eigenvalue weighted by Gasteiger charge is 2.16. The SMILES string of the molecule is O=S(=O)(Oc1ccc2ccc3ccccc3c2c1)c1ccccc1. The van der Waals surface area contributed by atoms with E-state index in [-0.39, 0.29) is 4.90 Å². The van der Waals surface area contributed by atoms with Gasteiger partial charge in [0, 0.05) is 0 Å². The average Bonchev–Trinajstić information content (AvgIpc) is 2.62. The maximum absolute atomic E-state index is 12.4. The lowest BCUT2D eigenvalue weighted by Crippen LogP contribution is -2.09. The molecule has 0 aliphatic heterocycles. The molecule has 0 unspecified atom stereocenters. The molecule has 4 aromatic rings. The molecule has 0 amide bonds. The van der Waals surface area contributed by atoms with Crippen LogP contribution in [0.15, 0.2) is 89.8 Å². The fraction of sp³-hybridized carbons (Fsp3) is 0. The van der Waals surface area contributed by atoms with E-state index < -0.39 is 10.1 Å². The quantitative estimate of drug-likeness (QED) is 0.401. The van der Waals surface area contributed by atoms with Crippen LogP contribution in [0.4, 0.5) is 0 Å². The highest BCUT2D eigenvalue weighted by molar-refractivity contribution is 7.87. The largest absolute Gasteiger partial charge is 0.379 e. The molecule has 0 fully saturated rings. The van der Waals surface area contributed by atoms with Crippen LogP contribution in [0.2, 0.25) is 0 Å². The normalized spacial score (nSPS) is 11.7. The lowest BCUT2D eigenvalue weighted by Gasteiger charge is -2.09. The number of rotatable bonds is 3. The second kappa shape index (κ2) is 5.65. The van der Waals surface area contributed by atoms with E-state index in [1.807, 2.05) is 36.4 Å². The molecule has 0 aromatic heterocycles. The topological polar surface area (TPSA) is 43.4 Å². The molecule has 4 heteroatoms. The van der Waals surface area contributed by atoms with Gasteiger partial charge in [0.05, 0.1) is 0 Å². The highest BCUT2D eigenvalue weighted by Crippen LogP contribution is 2.29. The van der Waals surface area contributed by atoms with Gasteiger partial charge in [0.1, 0.15) is 10.6 Å². The van der Waals surface area contributed by atoms with Gasteiger partial charge in [0.25, 0.3) is 0 Å². The molecular weight excluding hydrogens is 320 g/mol. The van der Waals surface area contributed by atoms with E-state index in [2.05, 4.69) is 6.07 Å². The predicted octanol–water partition coefficient (Wildman–Crippen LogP) is 4.76. The second-order valence-electron chi connectivity index (χ2n) is 5.52. The molecule has 0 bridgehead atoms. The first-order chi connectivity index (χ1) is 11.6. The van der Waals surface area contributed by atoms with Crippen LogP contribution in [0.1, 0.15) is 0 Å². The van der Waals surface area contributed by atoms with E-state index in [0.717, 1.165) is 21.5 Å². The summed E-state index contributed by atoms with van der Waals surface area (Å²) in [7, 11) is -3.84. The molecule has 0 spiro atoms. The molecular formula is C20H14O3S. The third-order valence-electron chi connectivity index (χ3n) is 3.96. The molecule has 4 rings (SSSR count). The van der Waals surface area contributed by atoms with Gasteiger partial charge < -0.3 is 4.18 Å². The Labute approximate surface area is 140 Å². The van der Waals surface area contributed by atoms with Gasteiger partial charge in [-0.1, -0.05) is 60.7 Å². The molecule has 0 aliphatic carbocycles. The van der Waals surface area contributed by atoms with Crippen LogP contribution in [0.25, 0.3) is 21.5 Å². The molecule has 0 atom stereocenters. The maximum atomic E-state index is 12.4. The Morgan fingerprint density at radius 2 is 1.25 bits per heavy atom. The monoisotopic (exact) mass is 334 g/mol. The summed E-state index contributed by atoms with van der Waals surface area (Å²) in [6.07, 6.45) is 0. The number of hydrogen-bond acceptors (Lipinski definition) is 3. The summed E-state index contributed by atoms with van der Waals surface area (Å²) in [6.45, 7) is 0. The lowest BCUT2D eigenvalue weighted by molar-refractivity contribution is 0.486. The Balaban J connectivity index is 1.82. The van der Waals surface area contributed by atoms with E-state index in [1.165, 1.54) is 12.1 Å². The van der Waals surface area contributed by atoms with Gasteiger partial charge in [0.15, 0.2) is 0 Å². The number of hydrogen-bond donors (Lipinski definition) is 0. The molecule has 4 aromatic carbocycles. The van der Waals surface area contributed by atoms with Gasteiger partial charge >= 0.3 is 10.1 Å². The van der Waals surface area contributed by atoms with E-state index >= 15 is 0 Å². The highest BCUT2D eigenvalue weighted by atomic mass is 32.2. The van der Waals surface area contributed by atoms with Crippen LogP contribution in [-0.4, -0.2) is 8.42 Å². The molecule has 118 valence electrons. The van der Waals surface area contributed by atoms with Crippen LogP contribution in [0.5, 0.6) is 5.75 Å². The first-order valence-corrected chi connectivity index (χ1v) is 8.95. The van der Waals surface area contributed by atoms with Crippen LogP contribution in [0, 0.1) is 0 Å². The van der Waals surface area contributed by atoms with Crippen molar-refractivity contribution >= 4 is 31.7 Å². The van der Waals surface area contributed by atoms with Crippen LogP contribution < -0.4 is 4.18 Å². The Hall–Kier alpha value is -2.85. The van der Waals surface area contributed by atoms with Crippen LogP contribution in [-0.2, 0) is 10.1 Å². The van der Waals surface area contributed by atoms with Crippen molar-refractivity contribution in [3.05, 3.63) is 84.9 Å². The first kappa shape index (κ1) is 14.7. The van der Waals surface area contributed by atoms with Gasteiger partial charge in [-0.2, -0.15) is 8.42 Å². The second-order valence-corrected chi connectivity index (χ2v) is 7.07. The molecule has 0 aliphatic rings. The fourth-order valence-corrected chi connectivity index (χ4v) is 3.74. The summed E-state index contributed by atoms with van der Waals surface area (Å²) in [5, 5.41) is 4.18. The Morgan fingerprint density at radius 3 is 2.04 bits per heavy atom. The zero-order chi connectivity index (χ0) is 16.6. The summed E-state index contributed by atoms with van der Waals surface area (Å²) in [5.41, 5.74) is 0. The number of fused-ring (bicyclic) bond motifs is 3. The molecule has 3 nitrogen and oxygen atoms in total. The Morgan fingerprint density at radius 1 is 0.625 bits per heavy atom. The van der Waals surface area contributed by atoms with Gasteiger partial charge in [-0.3, -0.25) is 0 Å². The van der Waals surface area contributed by atoms with Gasteiger partial charge in [0.2, 0.25) is 0 Å². The van der Waals surface area contributed by atoms with Gasteiger partial charge in [-0.25, -0.2) is 0 Å². The minimum Gasteiger partial charge on any atom is -0.379 e. The standard InChI is InChI=1S/C20H14O3S/c21-24(22,18-7-2-1-3-8-18)23-17-13-12-16-11-10-15-6-4-5-9-19(15)20(16)14-17/h1-14H. The van der Waals surface area contributed by atoms with E-state index in [4.69, 9.17) is 4.18 Å². The molecule has 0 saturated heterocycles. The predicted molar refractivity (Wildman–Crippen MR) is 95.7 cm³/mol. The third kappa shape index (κ3) is 2.61. The van der Waals surface area contributed by atoms with Crippen molar-refractivity contribution in [1.29, 1.82) is 0 Å². The summed E-state index contributed by atoms with van der Waals surface area (Å²) >= 11 is 0. The summed E-state index contributed by atoms with van der Waals surface area (Å²) in [6, 6.07) is 25.5.